The standard InChI is InChI=1S/C17H23F3N6O2/c1-11(2)12-9-13(17(18,19)20)23-15(22-12)25-7-5-24(6-8-25)14(27)10-26-4-3-21-16(26)28/h9,11H,3-8,10H2,1-2H3,(H,21,28). The molecule has 11 heteroatoms. The van der Waals surface area contributed by atoms with Gasteiger partial charge in [0.05, 0.1) is 0 Å². The molecule has 2 aliphatic rings. The van der Waals surface area contributed by atoms with Crippen LogP contribution in [0.4, 0.5) is 23.9 Å². The third-order valence-corrected chi connectivity index (χ3v) is 4.80. The molecule has 8 nitrogen and oxygen atoms in total. The molecule has 2 saturated heterocycles. The van der Waals surface area contributed by atoms with Crippen molar-refractivity contribution in [3.63, 3.8) is 0 Å². The van der Waals surface area contributed by atoms with Crippen LogP contribution in [-0.4, -0.2) is 77.5 Å². The van der Waals surface area contributed by atoms with Crippen LogP contribution in [0.1, 0.15) is 31.2 Å². The molecule has 2 aliphatic heterocycles. The Hall–Kier alpha value is -2.59. The number of nitrogens with one attached hydrogen (secondary N) is 1. The summed E-state index contributed by atoms with van der Waals surface area (Å²) in [7, 11) is 0. The highest BCUT2D eigenvalue weighted by molar-refractivity contribution is 5.85. The lowest BCUT2D eigenvalue weighted by atomic mass is 10.1. The van der Waals surface area contributed by atoms with Gasteiger partial charge in [0.15, 0.2) is 0 Å². The van der Waals surface area contributed by atoms with Crippen molar-refractivity contribution in [2.24, 2.45) is 0 Å². The van der Waals surface area contributed by atoms with Gasteiger partial charge in [0.25, 0.3) is 0 Å². The number of aromatic nitrogens is 2. The third-order valence-electron chi connectivity index (χ3n) is 4.80. The zero-order chi connectivity index (χ0) is 20.5. The molecule has 0 aliphatic carbocycles. The second-order valence-electron chi connectivity index (χ2n) is 7.15. The van der Waals surface area contributed by atoms with Crippen molar-refractivity contribution in [2.75, 3.05) is 50.7 Å². The Kier molecular flexibility index (Phi) is 5.61. The van der Waals surface area contributed by atoms with Gasteiger partial charge in [-0.2, -0.15) is 13.2 Å². The average Bonchev–Trinajstić information content (AvgIpc) is 3.05. The zero-order valence-electron chi connectivity index (χ0n) is 15.8. The summed E-state index contributed by atoms with van der Waals surface area (Å²) < 4.78 is 39.5. The highest BCUT2D eigenvalue weighted by Crippen LogP contribution is 2.30. The molecule has 0 atom stereocenters. The number of alkyl halides is 3. The number of piperazine rings is 1. The number of amides is 3. The largest absolute Gasteiger partial charge is 0.433 e. The van der Waals surface area contributed by atoms with Crippen LogP contribution in [-0.2, 0) is 11.0 Å². The van der Waals surface area contributed by atoms with E-state index in [1.807, 2.05) is 0 Å². The number of carbonyl (C=O) groups is 2. The molecule has 0 spiro atoms. The average molecular weight is 400 g/mol. The number of hydrogen-bond acceptors (Lipinski definition) is 5. The van der Waals surface area contributed by atoms with E-state index in [1.165, 1.54) is 4.90 Å². The number of halogens is 3. The van der Waals surface area contributed by atoms with Crippen molar-refractivity contribution in [1.82, 2.24) is 25.1 Å². The van der Waals surface area contributed by atoms with Crippen LogP contribution in [0.5, 0.6) is 0 Å². The molecule has 0 saturated carbocycles. The lowest BCUT2D eigenvalue weighted by Gasteiger charge is -2.35. The van der Waals surface area contributed by atoms with Crippen molar-refractivity contribution >= 4 is 17.9 Å². The van der Waals surface area contributed by atoms with Crippen LogP contribution >= 0.6 is 0 Å². The van der Waals surface area contributed by atoms with Gasteiger partial charge in [-0.05, 0) is 12.0 Å². The minimum absolute atomic E-state index is 0.00336. The monoisotopic (exact) mass is 400 g/mol. The molecule has 3 rings (SSSR count). The first-order chi connectivity index (χ1) is 13.1. The van der Waals surface area contributed by atoms with Crippen molar-refractivity contribution in [2.45, 2.75) is 25.9 Å². The first-order valence-electron chi connectivity index (χ1n) is 9.17. The Bertz CT molecular complexity index is 747. The molecular weight excluding hydrogens is 377 g/mol. The summed E-state index contributed by atoms with van der Waals surface area (Å²) in [6.07, 6.45) is -4.55. The van der Waals surface area contributed by atoms with E-state index < -0.39 is 11.9 Å². The molecule has 0 aromatic carbocycles. The van der Waals surface area contributed by atoms with E-state index in [-0.39, 0.29) is 30.3 Å². The lowest BCUT2D eigenvalue weighted by Crippen LogP contribution is -2.52. The Morgan fingerprint density at radius 2 is 1.86 bits per heavy atom. The summed E-state index contributed by atoms with van der Waals surface area (Å²) >= 11 is 0. The maximum absolute atomic E-state index is 13.2. The smallest absolute Gasteiger partial charge is 0.338 e. The zero-order valence-corrected chi connectivity index (χ0v) is 15.8. The van der Waals surface area contributed by atoms with E-state index >= 15 is 0 Å². The molecule has 154 valence electrons. The van der Waals surface area contributed by atoms with Gasteiger partial charge in [0.1, 0.15) is 12.2 Å². The first kappa shape index (κ1) is 20.2. The number of anilines is 1. The number of hydrogen-bond donors (Lipinski definition) is 1. The van der Waals surface area contributed by atoms with Gasteiger partial charge in [-0.3, -0.25) is 4.79 Å². The predicted octanol–water partition coefficient (Wildman–Crippen LogP) is 1.29. The maximum atomic E-state index is 13.2. The van der Waals surface area contributed by atoms with Gasteiger partial charge in [0, 0.05) is 45.0 Å². The predicted molar refractivity (Wildman–Crippen MR) is 94.9 cm³/mol. The Labute approximate surface area is 160 Å². The van der Waals surface area contributed by atoms with Gasteiger partial charge in [-0.25, -0.2) is 14.8 Å². The molecule has 3 amide bonds. The van der Waals surface area contributed by atoms with E-state index in [0.717, 1.165) is 6.07 Å². The summed E-state index contributed by atoms with van der Waals surface area (Å²) in [6.45, 7) is 5.90. The molecule has 3 heterocycles. The van der Waals surface area contributed by atoms with Crippen molar-refractivity contribution < 1.29 is 22.8 Å². The second-order valence-corrected chi connectivity index (χ2v) is 7.15. The molecule has 0 radical (unpaired) electrons. The summed E-state index contributed by atoms with van der Waals surface area (Å²) in [5.41, 5.74) is -0.629. The molecule has 1 aromatic rings. The van der Waals surface area contributed by atoms with E-state index in [2.05, 4.69) is 15.3 Å². The number of urea groups is 1. The van der Waals surface area contributed by atoms with Crippen molar-refractivity contribution in [3.8, 4) is 0 Å². The second kappa shape index (κ2) is 7.80. The van der Waals surface area contributed by atoms with Crippen molar-refractivity contribution in [1.29, 1.82) is 0 Å². The Balaban J connectivity index is 1.66. The first-order valence-corrected chi connectivity index (χ1v) is 9.17. The van der Waals surface area contributed by atoms with Crippen LogP contribution in [0.15, 0.2) is 6.07 Å². The maximum Gasteiger partial charge on any atom is 0.433 e. The molecule has 0 bridgehead atoms. The molecular formula is C17H23F3N6O2. The molecule has 1 N–H and O–H groups in total. The van der Waals surface area contributed by atoms with Gasteiger partial charge in [0.2, 0.25) is 11.9 Å². The van der Waals surface area contributed by atoms with E-state index in [0.29, 0.717) is 45.0 Å². The molecule has 0 unspecified atom stereocenters. The molecule has 28 heavy (non-hydrogen) atoms. The summed E-state index contributed by atoms with van der Waals surface area (Å²) in [5.74, 6) is -0.314. The number of nitrogens with zero attached hydrogens (tertiary/aromatic N) is 5. The van der Waals surface area contributed by atoms with E-state index in [9.17, 15) is 22.8 Å². The van der Waals surface area contributed by atoms with E-state index in [4.69, 9.17) is 0 Å². The molecule has 1 aromatic heterocycles. The van der Waals surface area contributed by atoms with Crippen LogP contribution in [0, 0.1) is 0 Å². The van der Waals surface area contributed by atoms with Crippen LogP contribution < -0.4 is 10.2 Å². The SMILES string of the molecule is CC(C)c1cc(C(F)(F)F)nc(N2CCN(C(=O)CN3CCNC3=O)CC2)n1. The Morgan fingerprint density at radius 3 is 2.39 bits per heavy atom. The van der Waals surface area contributed by atoms with Gasteiger partial charge in [-0.1, -0.05) is 13.8 Å². The van der Waals surface area contributed by atoms with Crippen molar-refractivity contribution in [3.05, 3.63) is 17.5 Å². The quantitative estimate of drug-likeness (QED) is 0.824. The number of carbonyl (C=O) groups excluding carboxylic acids is 2. The summed E-state index contributed by atoms with van der Waals surface area (Å²) in [4.78, 5) is 36.6. The topological polar surface area (TPSA) is 81.7 Å². The number of rotatable bonds is 4. The van der Waals surface area contributed by atoms with E-state index in [1.54, 1.807) is 23.6 Å². The summed E-state index contributed by atoms with van der Waals surface area (Å²) in [5, 5.41) is 2.64. The highest BCUT2D eigenvalue weighted by Gasteiger charge is 2.35. The highest BCUT2D eigenvalue weighted by atomic mass is 19.4. The summed E-state index contributed by atoms with van der Waals surface area (Å²) in [6, 6.07) is 0.722. The Morgan fingerprint density at radius 1 is 1.18 bits per heavy atom. The van der Waals surface area contributed by atoms with Gasteiger partial charge < -0.3 is 20.0 Å². The molecule has 2 fully saturated rings. The fourth-order valence-corrected chi connectivity index (χ4v) is 3.12. The third kappa shape index (κ3) is 4.45. The van der Waals surface area contributed by atoms with Gasteiger partial charge >= 0.3 is 12.2 Å². The lowest BCUT2D eigenvalue weighted by molar-refractivity contribution is -0.141. The van der Waals surface area contributed by atoms with Gasteiger partial charge in [-0.15, -0.1) is 0 Å². The minimum atomic E-state index is -4.55. The van der Waals surface area contributed by atoms with Crippen LogP contribution in [0.2, 0.25) is 0 Å². The normalized spacial score (nSPS) is 18.1. The minimum Gasteiger partial charge on any atom is -0.338 e. The van der Waals surface area contributed by atoms with Crippen LogP contribution in [0.3, 0.4) is 0 Å². The fourth-order valence-electron chi connectivity index (χ4n) is 3.12. The fraction of sp³-hybridized carbons (Fsp3) is 0.647. The van der Waals surface area contributed by atoms with Crippen LogP contribution in [0.25, 0.3) is 0 Å².